The summed E-state index contributed by atoms with van der Waals surface area (Å²) in [5.74, 6) is 0. The molecule has 0 spiro atoms. The monoisotopic (exact) mass is 318 g/mol. The normalized spacial score (nSPS) is 14.4. The molecule has 1 aromatic carbocycles. The topological polar surface area (TPSA) is 45.4 Å². The number of hydrogen-bond donors (Lipinski definition) is 1. The molecule has 3 rings (SSSR count). The molecule has 98 valence electrons. The average molecular weight is 319 g/mol. The molecule has 1 aromatic heterocycles. The van der Waals surface area contributed by atoms with Gasteiger partial charge in [0.1, 0.15) is 0 Å². The number of para-hydroxylation sites is 2. The number of likely N-dealkylation sites (N-methyl/N-ethyl adjacent to an activating group) is 1. The van der Waals surface area contributed by atoms with Crippen LogP contribution in [0.3, 0.4) is 0 Å². The minimum absolute atomic E-state index is 0.689. The molecular formula is C14H15BrN4. The second-order valence-electron chi connectivity index (χ2n) is 4.62. The van der Waals surface area contributed by atoms with Crippen LogP contribution in [0.5, 0.6) is 0 Å². The maximum Gasteiger partial charge on any atom is 0.0821 e. The lowest BCUT2D eigenvalue weighted by Crippen LogP contribution is -2.36. The fourth-order valence-corrected chi connectivity index (χ4v) is 3.03. The number of anilines is 4. The zero-order valence-electron chi connectivity index (χ0n) is 10.7. The maximum atomic E-state index is 6.10. The van der Waals surface area contributed by atoms with Crippen LogP contribution in [0.2, 0.25) is 0 Å². The Kier molecular flexibility index (Phi) is 3.06. The third kappa shape index (κ3) is 2.04. The molecular weight excluding hydrogens is 304 g/mol. The molecule has 0 saturated carbocycles. The summed E-state index contributed by atoms with van der Waals surface area (Å²) in [6.45, 7) is 1.87. The van der Waals surface area contributed by atoms with Crippen LogP contribution in [-0.2, 0) is 0 Å². The van der Waals surface area contributed by atoms with Gasteiger partial charge in [-0.2, -0.15) is 0 Å². The molecule has 2 heterocycles. The number of nitrogens with zero attached hydrogens (tertiary/aromatic N) is 3. The van der Waals surface area contributed by atoms with E-state index < -0.39 is 0 Å². The van der Waals surface area contributed by atoms with Gasteiger partial charge < -0.3 is 15.5 Å². The van der Waals surface area contributed by atoms with Crippen LogP contribution in [0.1, 0.15) is 0 Å². The molecule has 0 unspecified atom stereocenters. The van der Waals surface area contributed by atoms with Crippen molar-refractivity contribution in [3.63, 3.8) is 0 Å². The van der Waals surface area contributed by atoms with Crippen LogP contribution in [0.15, 0.2) is 41.1 Å². The molecule has 5 heteroatoms. The molecule has 0 amide bonds. The Hall–Kier alpha value is -1.75. The van der Waals surface area contributed by atoms with E-state index in [1.165, 1.54) is 11.4 Å². The number of aromatic nitrogens is 1. The summed E-state index contributed by atoms with van der Waals surface area (Å²) in [5.41, 5.74) is 10.2. The van der Waals surface area contributed by atoms with Crippen LogP contribution >= 0.6 is 15.9 Å². The summed E-state index contributed by atoms with van der Waals surface area (Å²) >= 11 is 3.55. The molecule has 19 heavy (non-hydrogen) atoms. The molecule has 0 bridgehead atoms. The first-order valence-corrected chi connectivity index (χ1v) is 6.94. The first kappa shape index (κ1) is 12.3. The SMILES string of the molecule is CN1CCN(c2c(N)cncc2Br)c2ccccc21. The average Bonchev–Trinajstić information content (AvgIpc) is 2.41. The van der Waals surface area contributed by atoms with E-state index in [-0.39, 0.29) is 0 Å². The minimum Gasteiger partial charge on any atom is -0.396 e. The summed E-state index contributed by atoms with van der Waals surface area (Å²) in [7, 11) is 2.11. The predicted molar refractivity (Wildman–Crippen MR) is 83.1 cm³/mol. The van der Waals surface area contributed by atoms with Crippen LogP contribution in [0.4, 0.5) is 22.7 Å². The highest BCUT2D eigenvalue weighted by Gasteiger charge is 2.23. The van der Waals surface area contributed by atoms with Gasteiger partial charge >= 0.3 is 0 Å². The van der Waals surface area contributed by atoms with E-state index in [1.54, 1.807) is 12.4 Å². The van der Waals surface area contributed by atoms with Crippen molar-refractivity contribution >= 4 is 38.7 Å². The van der Waals surface area contributed by atoms with Crippen molar-refractivity contribution in [1.82, 2.24) is 4.98 Å². The fourth-order valence-electron chi connectivity index (χ4n) is 2.47. The molecule has 1 aliphatic rings. The fraction of sp³-hybridized carbons (Fsp3) is 0.214. The van der Waals surface area contributed by atoms with Gasteiger partial charge in [-0.3, -0.25) is 4.98 Å². The third-order valence-electron chi connectivity index (χ3n) is 3.41. The smallest absolute Gasteiger partial charge is 0.0821 e. The molecule has 0 aliphatic carbocycles. The van der Waals surface area contributed by atoms with Crippen LogP contribution in [-0.4, -0.2) is 25.1 Å². The van der Waals surface area contributed by atoms with Gasteiger partial charge in [-0.05, 0) is 28.1 Å². The first-order valence-electron chi connectivity index (χ1n) is 6.15. The standard InChI is InChI=1S/C14H15BrN4/c1-18-6-7-19(13-5-3-2-4-12(13)18)14-10(15)8-17-9-11(14)16/h2-5,8-9H,6-7,16H2,1H3. The summed E-state index contributed by atoms with van der Waals surface area (Å²) < 4.78 is 0.923. The lowest BCUT2D eigenvalue weighted by molar-refractivity contribution is 0.821. The van der Waals surface area contributed by atoms with Crippen LogP contribution < -0.4 is 15.5 Å². The van der Waals surface area contributed by atoms with Gasteiger partial charge in [0.05, 0.1) is 33.4 Å². The van der Waals surface area contributed by atoms with Crippen molar-refractivity contribution in [2.45, 2.75) is 0 Å². The lowest BCUT2D eigenvalue weighted by atomic mass is 10.1. The molecule has 4 nitrogen and oxygen atoms in total. The number of nitrogen functional groups attached to an aromatic ring is 1. The van der Waals surface area contributed by atoms with E-state index in [1.807, 2.05) is 0 Å². The Morgan fingerprint density at radius 3 is 2.63 bits per heavy atom. The summed E-state index contributed by atoms with van der Waals surface area (Å²) in [6.07, 6.45) is 3.48. The van der Waals surface area contributed by atoms with Gasteiger partial charge in [-0.25, -0.2) is 0 Å². The maximum absolute atomic E-state index is 6.10. The Balaban J connectivity index is 2.15. The van der Waals surface area contributed by atoms with Gasteiger partial charge in [-0.1, -0.05) is 12.1 Å². The van der Waals surface area contributed by atoms with E-state index in [2.05, 4.69) is 62.0 Å². The summed E-state index contributed by atoms with van der Waals surface area (Å²) in [6, 6.07) is 8.37. The van der Waals surface area contributed by atoms with Gasteiger partial charge in [0.15, 0.2) is 0 Å². The number of nitrogens with two attached hydrogens (primary N) is 1. The first-order chi connectivity index (χ1) is 9.18. The van der Waals surface area contributed by atoms with Crippen LogP contribution in [0.25, 0.3) is 0 Å². The third-order valence-corrected chi connectivity index (χ3v) is 3.99. The van der Waals surface area contributed by atoms with E-state index in [0.29, 0.717) is 5.69 Å². The van der Waals surface area contributed by atoms with Crippen molar-refractivity contribution in [2.24, 2.45) is 0 Å². The van der Waals surface area contributed by atoms with E-state index in [4.69, 9.17) is 5.73 Å². The summed E-state index contributed by atoms with van der Waals surface area (Å²) in [4.78, 5) is 8.61. The minimum atomic E-state index is 0.689. The van der Waals surface area contributed by atoms with Crippen LogP contribution in [0, 0.1) is 0 Å². The Bertz CT molecular complexity index is 594. The number of halogens is 1. The lowest BCUT2D eigenvalue weighted by Gasteiger charge is -2.37. The molecule has 0 saturated heterocycles. The van der Waals surface area contributed by atoms with Gasteiger partial charge in [0.2, 0.25) is 0 Å². The van der Waals surface area contributed by atoms with E-state index in [9.17, 15) is 0 Å². The number of pyridine rings is 1. The van der Waals surface area contributed by atoms with Gasteiger partial charge in [-0.15, -0.1) is 0 Å². The highest BCUT2D eigenvalue weighted by Crippen LogP contribution is 2.41. The number of benzene rings is 1. The van der Waals surface area contributed by atoms with Gasteiger partial charge in [0, 0.05) is 26.3 Å². The number of rotatable bonds is 1. The van der Waals surface area contributed by atoms with Crippen molar-refractivity contribution in [3.05, 3.63) is 41.1 Å². The zero-order chi connectivity index (χ0) is 13.4. The largest absolute Gasteiger partial charge is 0.396 e. The Labute approximate surface area is 121 Å². The quantitative estimate of drug-likeness (QED) is 0.878. The molecule has 0 atom stereocenters. The molecule has 2 aromatic rings. The van der Waals surface area contributed by atoms with Gasteiger partial charge in [0.25, 0.3) is 0 Å². The molecule has 0 radical (unpaired) electrons. The molecule has 0 fully saturated rings. The van der Waals surface area contributed by atoms with Crippen molar-refractivity contribution in [1.29, 1.82) is 0 Å². The highest BCUT2D eigenvalue weighted by atomic mass is 79.9. The van der Waals surface area contributed by atoms with Crippen molar-refractivity contribution < 1.29 is 0 Å². The zero-order valence-corrected chi connectivity index (χ0v) is 12.3. The van der Waals surface area contributed by atoms with Crippen molar-refractivity contribution in [3.8, 4) is 0 Å². The summed E-state index contributed by atoms with van der Waals surface area (Å²) in [5, 5.41) is 0. The number of fused-ring (bicyclic) bond motifs is 1. The predicted octanol–water partition coefficient (Wildman–Crippen LogP) is 3.01. The second-order valence-corrected chi connectivity index (χ2v) is 5.48. The van der Waals surface area contributed by atoms with Crippen molar-refractivity contribution in [2.75, 3.05) is 35.7 Å². The second kappa shape index (κ2) is 4.74. The molecule has 2 N–H and O–H groups in total. The Morgan fingerprint density at radius 1 is 1.16 bits per heavy atom. The number of hydrogen-bond acceptors (Lipinski definition) is 4. The van der Waals surface area contributed by atoms with E-state index >= 15 is 0 Å². The molecule has 1 aliphatic heterocycles. The Morgan fingerprint density at radius 2 is 1.89 bits per heavy atom. The highest BCUT2D eigenvalue weighted by molar-refractivity contribution is 9.10. The van der Waals surface area contributed by atoms with E-state index in [0.717, 1.165) is 23.2 Å².